The molecular weight excluding hydrogens is 264 g/mol. The third kappa shape index (κ3) is 4.29. The van der Waals surface area contributed by atoms with Crippen LogP contribution in [0, 0.1) is 5.41 Å². The van der Waals surface area contributed by atoms with Gasteiger partial charge in [0, 0.05) is 19.1 Å². The first-order chi connectivity index (χ1) is 10.2. The standard InChI is InChI=1S/C17H26N2O2/c1-14(15-6-4-3-5-7-15)16(20)19-12-17(13-21-2)8-10-18-11-9-17/h3-7,14,18H,8-13H2,1-2H3,(H,19,20). The van der Waals surface area contributed by atoms with Gasteiger partial charge in [0.1, 0.15) is 0 Å². The molecule has 1 atom stereocenters. The Bertz CT molecular complexity index is 436. The minimum atomic E-state index is -0.118. The van der Waals surface area contributed by atoms with Gasteiger partial charge in [0.15, 0.2) is 0 Å². The maximum absolute atomic E-state index is 12.4. The summed E-state index contributed by atoms with van der Waals surface area (Å²) in [5.41, 5.74) is 1.13. The molecule has 1 amide bonds. The van der Waals surface area contributed by atoms with E-state index in [0.717, 1.165) is 31.5 Å². The first-order valence-electron chi connectivity index (χ1n) is 7.69. The van der Waals surface area contributed by atoms with E-state index in [1.54, 1.807) is 7.11 Å². The summed E-state index contributed by atoms with van der Waals surface area (Å²) in [5, 5.41) is 6.50. The second kappa shape index (κ2) is 7.57. The van der Waals surface area contributed by atoms with E-state index in [9.17, 15) is 4.79 Å². The van der Waals surface area contributed by atoms with Gasteiger partial charge in [-0.05, 0) is 38.4 Å². The van der Waals surface area contributed by atoms with Crippen LogP contribution in [0.15, 0.2) is 30.3 Å². The van der Waals surface area contributed by atoms with Crippen LogP contribution in [0.1, 0.15) is 31.2 Å². The van der Waals surface area contributed by atoms with Crippen LogP contribution in [-0.4, -0.2) is 39.3 Å². The summed E-state index contributed by atoms with van der Waals surface area (Å²) in [6.45, 7) is 5.34. The lowest BCUT2D eigenvalue weighted by molar-refractivity contribution is -0.123. The van der Waals surface area contributed by atoms with Crippen LogP contribution >= 0.6 is 0 Å². The van der Waals surface area contributed by atoms with Crippen LogP contribution in [0.3, 0.4) is 0 Å². The smallest absolute Gasteiger partial charge is 0.227 e. The molecule has 0 bridgehead atoms. The van der Waals surface area contributed by atoms with E-state index in [-0.39, 0.29) is 17.2 Å². The van der Waals surface area contributed by atoms with Crippen molar-refractivity contribution in [2.24, 2.45) is 5.41 Å². The third-order valence-electron chi connectivity index (χ3n) is 4.45. The van der Waals surface area contributed by atoms with Crippen molar-refractivity contribution in [3.05, 3.63) is 35.9 Å². The Balaban J connectivity index is 1.92. The van der Waals surface area contributed by atoms with Gasteiger partial charge in [-0.3, -0.25) is 4.79 Å². The number of amides is 1. The number of hydrogen-bond donors (Lipinski definition) is 2. The Kier molecular flexibility index (Phi) is 5.76. The van der Waals surface area contributed by atoms with Gasteiger partial charge in [-0.1, -0.05) is 30.3 Å². The molecule has 1 fully saturated rings. The Labute approximate surface area is 127 Å². The number of hydrogen-bond acceptors (Lipinski definition) is 3. The second-order valence-corrected chi connectivity index (χ2v) is 6.03. The van der Waals surface area contributed by atoms with E-state index in [1.807, 2.05) is 37.3 Å². The Hall–Kier alpha value is -1.39. The number of piperidine rings is 1. The molecule has 4 heteroatoms. The average Bonchev–Trinajstić information content (AvgIpc) is 2.54. The summed E-state index contributed by atoms with van der Waals surface area (Å²) >= 11 is 0. The van der Waals surface area contributed by atoms with Crippen molar-refractivity contribution < 1.29 is 9.53 Å². The zero-order valence-corrected chi connectivity index (χ0v) is 13.0. The van der Waals surface area contributed by atoms with Crippen LogP contribution in [0.5, 0.6) is 0 Å². The van der Waals surface area contributed by atoms with Gasteiger partial charge in [0.2, 0.25) is 5.91 Å². The molecule has 1 heterocycles. The van der Waals surface area contributed by atoms with Gasteiger partial charge in [-0.25, -0.2) is 0 Å². The van der Waals surface area contributed by atoms with Crippen molar-refractivity contribution in [1.29, 1.82) is 0 Å². The summed E-state index contributed by atoms with van der Waals surface area (Å²) in [5.74, 6) is -0.0253. The van der Waals surface area contributed by atoms with E-state index in [0.29, 0.717) is 13.2 Å². The van der Waals surface area contributed by atoms with Crippen LogP contribution in [0.4, 0.5) is 0 Å². The predicted octanol–water partition coefficient (Wildman–Crippen LogP) is 1.92. The van der Waals surface area contributed by atoms with Crippen molar-refractivity contribution in [2.45, 2.75) is 25.7 Å². The van der Waals surface area contributed by atoms with E-state index in [4.69, 9.17) is 4.74 Å². The number of carbonyl (C=O) groups is 1. The van der Waals surface area contributed by atoms with Gasteiger partial charge in [0.05, 0.1) is 12.5 Å². The monoisotopic (exact) mass is 290 g/mol. The number of nitrogens with one attached hydrogen (secondary N) is 2. The molecule has 0 spiro atoms. The molecule has 0 aromatic heterocycles. The molecule has 2 N–H and O–H groups in total. The van der Waals surface area contributed by atoms with Crippen LogP contribution < -0.4 is 10.6 Å². The summed E-state index contributed by atoms with van der Waals surface area (Å²) in [7, 11) is 1.73. The highest BCUT2D eigenvalue weighted by Crippen LogP contribution is 2.28. The molecule has 0 saturated carbocycles. The molecule has 21 heavy (non-hydrogen) atoms. The van der Waals surface area contributed by atoms with Crippen molar-refractivity contribution in [2.75, 3.05) is 33.4 Å². The van der Waals surface area contributed by atoms with E-state index in [1.165, 1.54) is 0 Å². The SMILES string of the molecule is COCC1(CNC(=O)C(C)c2ccccc2)CCNCC1. The zero-order chi connectivity index (χ0) is 15.1. The van der Waals surface area contributed by atoms with Gasteiger partial charge in [-0.15, -0.1) is 0 Å². The normalized spacial score (nSPS) is 19.0. The van der Waals surface area contributed by atoms with Crippen molar-refractivity contribution in [1.82, 2.24) is 10.6 Å². The first-order valence-corrected chi connectivity index (χ1v) is 7.69. The molecule has 1 unspecified atom stereocenters. The average molecular weight is 290 g/mol. The Morgan fingerprint density at radius 3 is 2.62 bits per heavy atom. The van der Waals surface area contributed by atoms with Crippen molar-refractivity contribution in [3.63, 3.8) is 0 Å². The van der Waals surface area contributed by atoms with E-state index in [2.05, 4.69) is 10.6 Å². The molecular formula is C17H26N2O2. The minimum absolute atomic E-state index is 0.0755. The highest BCUT2D eigenvalue weighted by Gasteiger charge is 2.33. The van der Waals surface area contributed by atoms with E-state index < -0.39 is 0 Å². The van der Waals surface area contributed by atoms with Crippen molar-refractivity contribution in [3.8, 4) is 0 Å². The van der Waals surface area contributed by atoms with Gasteiger partial charge in [-0.2, -0.15) is 0 Å². The van der Waals surface area contributed by atoms with Crippen LogP contribution in [0.25, 0.3) is 0 Å². The van der Waals surface area contributed by atoms with Gasteiger partial charge in [0.25, 0.3) is 0 Å². The van der Waals surface area contributed by atoms with Gasteiger partial charge < -0.3 is 15.4 Å². The lowest BCUT2D eigenvalue weighted by Crippen LogP contribution is -2.47. The molecule has 0 aliphatic carbocycles. The molecule has 4 nitrogen and oxygen atoms in total. The number of ether oxygens (including phenoxy) is 1. The number of carbonyl (C=O) groups excluding carboxylic acids is 1. The molecule has 1 saturated heterocycles. The lowest BCUT2D eigenvalue weighted by Gasteiger charge is -2.37. The molecule has 0 radical (unpaired) electrons. The molecule has 1 aromatic rings. The maximum atomic E-state index is 12.4. The quantitative estimate of drug-likeness (QED) is 0.841. The highest BCUT2D eigenvalue weighted by atomic mass is 16.5. The lowest BCUT2D eigenvalue weighted by atomic mass is 9.79. The fraction of sp³-hybridized carbons (Fsp3) is 0.588. The number of methoxy groups -OCH3 is 1. The van der Waals surface area contributed by atoms with Crippen LogP contribution in [0.2, 0.25) is 0 Å². The third-order valence-corrected chi connectivity index (χ3v) is 4.45. The fourth-order valence-corrected chi connectivity index (χ4v) is 2.96. The summed E-state index contributed by atoms with van der Waals surface area (Å²) in [6.07, 6.45) is 2.08. The summed E-state index contributed by atoms with van der Waals surface area (Å²) in [4.78, 5) is 12.4. The maximum Gasteiger partial charge on any atom is 0.227 e. The molecule has 1 aliphatic rings. The molecule has 1 aromatic carbocycles. The largest absolute Gasteiger partial charge is 0.384 e. The summed E-state index contributed by atoms with van der Waals surface area (Å²) in [6, 6.07) is 9.91. The first kappa shape index (κ1) is 16.0. The Morgan fingerprint density at radius 2 is 2.00 bits per heavy atom. The molecule has 116 valence electrons. The number of benzene rings is 1. The summed E-state index contributed by atoms with van der Waals surface area (Å²) < 4.78 is 5.38. The van der Waals surface area contributed by atoms with Crippen molar-refractivity contribution >= 4 is 5.91 Å². The molecule has 2 rings (SSSR count). The highest BCUT2D eigenvalue weighted by molar-refractivity contribution is 5.83. The minimum Gasteiger partial charge on any atom is -0.384 e. The molecule has 1 aliphatic heterocycles. The second-order valence-electron chi connectivity index (χ2n) is 6.03. The fourth-order valence-electron chi connectivity index (χ4n) is 2.96. The van der Waals surface area contributed by atoms with E-state index >= 15 is 0 Å². The topological polar surface area (TPSA) is 50.4 Å². The zero-order valence-electron chi connectivity index (χ0n) is 13.0. The van der Waals surface area contributed by atoms with Gasteiger partial charge >= 0.3 is 0 Å². The van der Waals surface area contributed by atoms with Crippen LogP contribution in [-0.2, 0) is 9.53 Å². The Morgan fingerprint density at radius 1 is 1.33 bits per heavy atom. The number of rotatable bonds is 6. The predicted molar refractivity (Wildman–Crippen MR) is 84.3 cm³/mol.